The van der Waals surface area contributed by atoms with Crippen molar-refractivity contribution in [3.05, 3.63) is 11.6 Å². The van der Waals surface area contributed by atoms with E-state index in [4.69, 9.17) is 18.9 Å². The van der Waals surface area contributed by atoms with Crippen LogP contribution in [0.2, 0.25) is 0 Å². The molecule has 5 aliphatic carbocycles. The van der Waals surface area contributed by atoms with Crippen molar-refractivity contribution >= 4 is 17.9 Å². The second-order valence-corrected chi connectivity index (χ2v) is 18.9. The highest BCUT2D eigenvalue weighted by atomic mass is 16.7. The summed E-state index contributed by atoms with van der Waals surface area (Å²) in [5, 5.41) is 44.4. The van der Waals surface area contributed by atoms with Crippen molar-refractivity contribution in [3.8, 4) is 0 Å². The number of aliphatic hydroxyl groups is 3. The molecule has 5 fully saturated rings. The van der Waals surface area contributed by atoms with Crippen LogP contribution in [-0.2, 0) is 33.3 Å². The minimum atomic E-state index is -1.49. The molecule has 0 aromatic carbocycles. The van der Waals surface area contributed by atoms with Gasteiger partial charge in [0.25, 0.3) is 0 Å². The Bertz CT molecular complexity index is 1450. The summed E-state index contributed by atoms with van der Waals surface area (Å²) in [7, 11) is 0. The lowest BCUT2D eigenvalue weighted by Gasteiger charge is -2.72. The lowest BCUT2D eigenvalue weighted by Crippen LogP contribution is -2.69. The van der Waals surface area contributed by atoms with Gasteiger partial charge in [0.15, 0.2) is 12.4 Å². The highest BCUT2D eigenvalue weighted by Crippen LogP contribution is 2.76. The highest BCUT2D eigenvalue weighted by molar-refractivity contribution is 5.74. The average molecular weight is 719 g/mol. The van der Waals surface area contributed by atoms with Crippen molar-refractivity contribution in [2.24, 2.45) is 50.2 Å². The SMILES string of the molecule is CC(=O)OC1C(C)OC(OCC2(C)C(OC(C)=O)CC(O)C3(C)C2CCC2(C)C3CC=C3C4CC(C)(C(=O)O)CCC4(C)CCC32C)C(O)C1O. The number of aliphatic hydroxyl groups excluding tert-OH is 3. The number of rotatable bonds is 6. The van der Waals surface area contributed by atoms with Gasteiger partial charge in [-0.05, 0) is 99.2 Å². The predicted molar refractivity (Wildman–Crippen MR) is 186 cm³/mol. The fourth-order valence-corrected chi connectivity index (χ4v) is 12.6. The van der Waals surface area contributed by atoms with Gasteiger partial charge in [0.1, 0.15) is 18.3 Å². The van der Waals surface area contributed by atoms with Crippen LogP contribution in [0.25, 0.3) is 0 Å². The molecule has 16 atom stereocenters. The van der Waals surface area contributed by atoms with Gasteiger partial charge in [0, 0.05) is 31.1 Å². The molecule has 51 heavy (non-hydrogen) atoms. The molecular weight excluding hydrogens is 656 g/mol. The number of fused-ring (bicyclic) bond motifs is 7. The predicted octanol–water partition coefficient (Wildman–Crippen LogP) is 5.17. The Morgan fingerprint density at radius 2 is 1.53 bits per heavy atom. The van der Waals surface area contributed by atoms with Gasteiger partial charge >= 0.3 is 17.9 Å². The number of aliphatic carboxylic acids is 1. The molecule has 6 rings (SSSR count). The molecule has 0 radical (unpaired) electrons. The lowest BCUT2D eigenvalue weighted by molar-refractivity contribution is -0.315. The van der Waals surface area contributed by atoms with Crippen LogP contribution in [0.5, 0.6) is 0 Å². The van der Waals surface area contributed by atoms with E-state index >= 15 is 0 Å². The summed E-state index contributed by atoms with van der Waals surface area (Å²) < 4.78 is 23.5. The first-order valence-corrected chi connectivity index (χ1v) is 19.2. The quantitative estimate of drug-likeness (QED) is 0.211. The van der Waals surface area contributed by atoms with E-state index < -0.39 is 77.1 Å². The van der Waals surface area contributed by atoms with Gasteiger partial charge in [0.2, 0.25) is 0 Å². The van der Waals surface area contributed by atoms with Crippen LogP contribution < -0.4 is 0 Å². The van der Waals surface area contributed by atoms with Gasteiger partial charge in [-0.25, -0.2) is 0 Å². The van der Waals surface area contributed by atoms with Crippen LogP contribution in [-0.4, -0.2) is 87.9 Å². The summed E-state index contributed by atoms with van der Waals surface area (Å²) >= 11 is 0. The molecule has 6 aliphatic rings. The minimum absolute atomic E-state index is 0.0350. The monoisotopic (exact) mass is 718 g/mol. The molecule has 0 aromatic heterocycles. The molecule has 0 bridgehead atoms. The molecular formula is C40H62O11. The number of carboxylic acid groups (broad SMARTS) is 1. The molecule has 11 heteroatoms. The van der Waals surface area contributed by atoms with E-state index in [2.05, 4.69) is 33.8 Å². The zero-order chi connectivity index (χ0) is 37.7. The van der Waals surface area contributed by atoms with Crippen LogP contribution in [0.15, 0.2) is 11.6 Å². The molecule has 1 saturated heterocycles. The lowest BCUT2D eigenvalue weighted by atomic mass is 9.33. The molecule has 4 N–H and O–H groups in total. The van der Waals surface area contributed by atoms with Crippen molar-refractivity contribution < 1.29 is 53.8 Å². The number of carbonyl (C=O) groups is 3. The molecule has 16 unspecified atom stereocenters. The zero-order valence-electron chi connectivity index (χ0n) is 32.1. The second kappa shape index (κ2) is 12.8. The van der Waals surface area contributed by atoms with E-state index in [0.717, 1.165) is 38.5 Å². The smallest absolute Gasteiger partial charge is 0.309 e. The summed E-state index contributed by atoms with van der Waals surface area (Å²) in [4.78, 5) is 36.6. The van der Waals surface area contributed by atoms with E-state index in [1.165, 1.54) is 19.4 Å². The van der Waals surface area contributed by atoms with E-state index in [9.17, 15) is 34.8 Å². The molecule has 4 saturated carbocycles. The number of hydrogen-bond donors (Lipinski definition) is 4. The Hall–Kier alpha value is -2.05. The molecule has 1 aliphatic heterocycles. The number of allylic oxidation sites excluding steroid dienone is 2. The van der Waals surface area contributed by atoms with Crippen molar-refractivity contribution in [2.75, 3.05) is 6.61 Å². The fraction of sp³-hybridized carbons (Fsp3) is 0.875. The summed E-state index contributed by atoms with van der Waals surface area (Å²) in [6.07, 6.45) is 1.99. The van der Waals surface area contributed by atoms with E-state index in [-0.39, 0.29) is 47.0 Å². The summed E-state index contributed by atoms with van der Waals surface area (Å²) in [6.45, 7) is 17.6. The van der Waals surface area contributed by atoms with Crippen molar-refractivity contribution in [3.63, 3.8) is 0 Å². The number of carbonyl (C=O) groups excluding carboxylic acids is 2. The van der Waals surface area contributed by atoms with Crippen LogP contribution in [0.4, 0.5) is 0 Å². The number of ether oxygens (including phenoxy) is 4. The van der Waals surface area contributed by atoms with Crippen molar-refractivity contribution in [1.82, 2.24) is 0 Å². The normalized spacial score (nSPS) is 52.2. The Labute approximate surface area is 302 Å². The van der Waals surface area contributed by atoms with Gasteiger partial charge < -0.3 is 39.4 Å². The van der Waals surface area contributed by atoms with Crippen molar-refractivity contribution in [2.45, 2.75) is 163 Å². The standard InChI is InChI=1S/C40H62O11/c1-21-32(51-23(3)42)30(44)31(45)33(49-21)48-20-37(6)26-12-13-39(8)27(40(26,9)28(43)18-29(37)50-22(2)41)11-10-24-25-19-36(5,34(46)47)15-14-35(25,4)16-17-38(24,39)7/h10,21,25-33,43-45H,11-20H2,1-9H3,(H,46,47). The third-order valence-corrected chi connectivity index (χ3v) is 16.2. The maximum atomic E-state index is 12.5. The first-order chi connectivity index (χ1) is 23.6. The summed E-state index contributed by atoms with van der Waals surface area (Å²) in [5.74, 6) is -1.61. The van der Waals surface area contributed by atoms with Crippen molar-refractivity contribution in [1.29, 1.82) is 0 Å². The molecule has 11 nitrogen and oxygen atoms in total. The van der Waals surface area contributed by atoms with Crippen LogP contribution in [0, 0.1) is 50.2 Å². The highest BCUT2D eigenvalue weighted by Gasteiger charge is 2.71. The molecule has 0 aromatic rings. The van der Waals surface area contributed by atoms with Gasteiger partial charge in [-0.2, -0.15) is 0 Å². The van der Waals surface area contributed by atoms with Crippen LogP contribution in [0.1, 0.15) is 120 Å². The second-order valence-electron chi connectivity index (χ2n) is 18.9. The molecule has 0 spiro atoms. The van der Waals surface area contributed by atoms with Crippen LogP contribution >= 0.6 is 0 Å². The van der Waals surface area contributed by atoms with E-state index in [0.29, 0.717) is 12.8 Å². The Morgan fingerprint density at radius 1 is 0.882 bits per heavy atom. The number of esters is 2. The topological polar surface area (TPSA) is 169 Å². The first kappa shape index (κ1) is 38.7. The fourth-order valence-electron chi connectivity index (χ4n) is 12.6. The van der Waals surface area contributed by atoms with Gasteiger partial charge in [-0.15, -0.1) is 0 Å². The number of hydrogen-bond acceptors (Lipinski definition) is 10. The van der Waals surface area contributed by atoms with Crippen LogP contribution in [0.3, 0.4) is 0 Å². The Balaban J connectivity index is 1.33. The molecule has 1 heterocycles. The third kappa shape index (κ3) is 5.73. The largest absolute Gasteiger partial charge is 0.481 e. The zero-order valence-corrected chi connectivity index (χ0v) is 32.1. The molecule has 288 valence electrons. The third-order valence-electron chi connectivity index (χ3n) is 16.2. The minimum Gasteiger partial charge on any atom is -0.481 e. The Kier molecular flexibility index (Phi) is 9.69. The summed E-state index contributed by atoms with van der Waals surface area (Å²) in [6, 6.07) is 0. The maximum absolute atomic E-state index is 12.5. The van der Waals surface area contributed by atoms with Gasteiger partial charge in [-0.1, -0.05) is 46.3 Å². The van der Waals surface area contributed by atoms with E-state index in [1.54, 1.807) is 6.92 Å². The summed E-state index contributed by atoms with van der Waals surface area (Å²) in [5.41, 5.74) is -0.982. The van der Waals surface area contributed by atoms with E-state index in [1.807, 2.05) is 13.8 Å². The first-order valence-electron chi connectivity index (χ1n) is 19.2. The van der Waals surface area contributed by atoms with Gasteiger partial charge in [-0.3, -0.25) is 14.4 Å². The average Bonchev–Trinajstić information content (AvgIpc) is 3.04. The number of carboxylic acids is 1. The maximum Gasteiger partial charge on any atom is 0.309 e. The molecule has 0 amide bonds. The van der Waals surface area contributed by atoms with Gasteiger partial charge in [0.05, 0.1) is 24.2 Å². The Morgan fingerprint density at radius 3 is 2.16 bits per heavy atom.